The Balaban J connectivity index is 1.51. The molecule has 0 saturated carbocycles. The summed E-state index contributed by atoms with van der Waals surface area (Å²) in [6, 6.07) is 7.83. The minimum absolute atomic E-state index is 0.134. The maximum absolute atomic E-state index is 12.4. The molecule has 1 aromatic carbocycles. The van der Waals surface area contributed by atoms with Gasteiger partial charge in [-0.25, -0.2) is 18.4 Å². The van der Waals surface area contributed by atoms with Crippen molar-refractivity contribution < 1.29 is 8.42 Å². The number of imidazole rings is 2. The summed E-state index contributed by atoms with van der Waals surface area (Å²) in [5, 5.41) is 0.134. The van der Waals surface area contributed by atoms with Gasteiger partial charge in [0.05, 0.1) is 23.6 Å². The van der Waals surface area contributed by atoms with Crippen molar-refractivity contribution in [2.24, 2.45) is 0 Å². The zero-order valence-corrected chi connectivity index (χ0v) is 13.1. The number of rotatable bonds is 3. The topological polar surface area (TPSA) is 98.0 Å². The molecule has 3 aromatic rings. The molecule has 2 aromatic heterocycles. The zero-order chi connectivity index (χ0) is 15.9. The first-order valence-corrected chi connectivity index (χ1v) is 8.77. The summed E-state index contributed by atoms with van der Waals surface area (Å²) in [6.45, 7) is 2.01. The number of hydrogen-bond donors (Lipinski definition) is 2. The highest BCUT2D eigenvalue weighted by atomic mass is 32.2. The molecule has 1 saturated heterocycles. The molecule has 0 unspecified atom stereocenters. The number of benzene rings is 1. The van der Waals surface area contributed by atoms with Gasteiger partial charge in [0.1, 0.15) is 0 Å². The number of anilines is 1. The fraction of sp³-hybridized carbons (Fsp3) is 0.286. The minimum Gasteiger partial charge on any atom is -0.340 e. The highest BCUT2D eigenvalue weighted by Crippen LogP contribution is 2.20. The van der Waals surface area contributed by atoms with E-state index in [0.29, 0.717) is 26.2 Å². The summed E-state index contributed by atoms with van der Waals surface area (Å²) in [7, 11) is -3.49. The third-order valence-electron chi connectivity index (χ3n) is 4.01. The first-order valence-electron chi connectivity index (χ1n) is 7.33. The molecule has 8 nitrogen and oxygen atoms in total. The van der Waals surface area contributed by atoms with Gasteiger partial charge < -0.3 is 14.9 Å². The second-order valence-electron chi connectivity index (χ2n) is 5.38. The highest BCUT2D eigenvalue weighted by molar-refractivity contribution is 7.89. The number of nitrogens with zero attached hydrogens (tertiary/aromatic N) is 4. The Morgan fingerprint density at radius 2 is 1.87 bits per heavy atom. The minimum atomic E-state index is -3.49. The van der Waals surface area contributed by atoms with Crippen LogP contribution in [0.5, 0.6) is 0 Å². The van der Waals surface area contributed by atoms with E-state index in [1.807, 2.05) is 24.3 Å². The Labute approximate surface area is 133 Å². The van der Waals surface area contributed by atoms with Crippen molar-refractivity contribution in [3.05, 3.63) is 36.8 Å². The quantitative estimate of drug-likeness (QED) is 0.739. The van der Waals surface area contributed by atoms with E-state index in [0.717, 1.165) is 17.0 Å². The van der Waals surface area contributed by atoms with Crippen molar-refractivity contribution in [1.82, 2.24) is 24.2 Å². The fourth-order valence-corrected chi connectivity index (χ4v) is 4.07. The number of H-pyrrole nitrogens is 2. The number of aromatic nitrogens is 4. The van der Waals surface area contributed by atoms with Gasteiger partial charge in [0, 0.05) is 26.2 Å². The lowest BCUT2D eigenvalue weighted by molar-refractivity contribution is 0.381. The molecule has 0 amide bonds. The molecule has 0 radical (unpaired) electrons. The second kappa shape index (κ2) is 5.36. The van der Waals surface area contributed by atoms with Crippen LogP contribution < -0.4 is 4.90 Å². The SMILES string of the molecule is O=S(=O)(c1cnc[nH]1)N1CCN(c2nc3ccccc3[nH]2)CC1. The van der Waals surface area contributed by atoms with Crippen LogP contribution in [-0.2, 0) is 10.0 Å². The van der Waals surface area contributed by atoms with Crippen molar-refractivity contribution in [3.63, 3.8) is 0 Å². The Hall–Kier alpha value is -2.39. The number of hydrogen-bond acceptors (Lipinski definition) is 5. The second-order valence-corrected chi connectivity index (χ2v) is 7.29. The molecule has 2 N–H and O–H groups in total. The molecular formula is C14H16N6O2S. The lowest BCUT2D eigenvalue weighted by Gasteiger charge is -2.33. The van der Waals surface area contributed by atoms with Gasteiger partial charge in [-0.15, -0.1) is 0 Å². The molecule has 0 atom stereocenters. The normalized spacial score (nSPS) is 17.0. The molecule has 0 aliphatic carbocycles. The van der Waals surface area contributed by atoms with Gasteiger partial charge in [-0.1, -0.05) is 12.1 Å². The van der Waals surface area contributed by atoms with E-state index in [1.165, 1.54) is 16.8 Å². The van der Waals surface area contributed by atoms with E-state index in [2.05, 4.69) is 24.8 Å². The van der Waals surface area contributed by atoms with Gasteiger partial charge in [-0.05, 0) is 12.1 Å². The summed E-state index contributed by atoms with van der Waals surface area (Å²) in [5.41, 5.74) is 1.89. The van der Waals surface area contributed by atoms with Crippen LogP contribution >= 0.6 is 0 Å². The van der Waals surface area contributed by atoms with Gasteiger partial charge in [-0.3, -0.25) is 0 Å². The predicted molar refractivity (Wildman–Crippen MR) is 85.7 cm³/mol. The molecule has 1 aliphatic rings. The van der Waals surface area contributed by atoms with Crippen LogP contribution in [0.15, 0.2) is 41.8 Å². The molecule has 9 heteroatoms. The Bertz CT molecular complexity index is 877. The largest absolute Gasteiger partial charge is 0.340 e. The summed E-state index contributed by atoms with van der Waals surface area (Å²) in [5.74, 6) is 0.782. The standard InChI is InChI=1S/C14H16N6O2S/c21-23(22,13-9-15-10-16-13)20-7-5-19(6-8-20)14-17-11-3-1-2-4-12(11)18-14/h1-4,9-10H,5-8H2,(H,15,16)(H,17,18). The van der Waals surface area contributed by atoms with Crippen LogP contribution in [0, 0.1) is 0 Å². The number of para-hydroxylation sites is 2. The monoisotopic (exact) mass is 332 g/mol. The van der Waals surface area contributed by atoms with Crippen LogP contribution in [0.4, 0.5) is 5.95 Å². The number of nitrogens with one attached hydrogen (secondary N) is 2. The summed E-state index contributed by atoms with van der Waals surface area (Å²) in [4.78, 5) is 16.4. The number of aromatic amines is 2. The fourth-order valence-electron chi connectivity index (χ4n) is 2.75. The number of piperazine rings is 1. The smallest absolute Gasteiger partial charge is 0.260 e. The van der Waals surface area contributed by atoms with Crippen LogP contribution in [0.3, 0.4) is 0 Å². The van der Waals surface area contributed by atoms with Crippen LogP contribution in [0.1, 0.15) is 0 Å². The van der Waals surface area contributed by atoms with Crippen LogP contribution in [-0.4, -0.2) is 58.8 Å². The van der Waals surface area contributed by atoms with Gasteiger partial charge in [0.25, 0.3) is 10.0 Å². The van der Waals surface area contributed by atoms with Crippen LogP contribution in [0.25, 0.3) is 11.0 Å². The van der Waals surface area contributed by atoms with Crippen LogP contribution in [0.2, 0.25) is 0 Å². The van der Waals surface area contributed by atoms with Crippen molar-refractivity contribution >= 4 is 27.0 Å². The van der Waals surface area contributed by atoms with Crippen molar-refractivity contribution in [1.29, 1.82) is 0 Å². The molecule has 1 aliphatic heterocycles. The third-order valence-corrected chi connectivity index (χ3v) is 5.83. The lowest BCUT2D eigenvalue weighted by Crippen LogP contribution is -2.49. The van der Waals surface area contributed by atoms with E-state index in [1.54, 1.807) is 0 Å². The van der Waals surface area contributed by atoms with Crippen molar-refractivity contribution in [2.75, 3.05) is 31.1 Å². The first kappa shape index (κ1) is 14.2. The molecule has 0 bridgehead atoms. The Kier molecular flexibility index (Phi) is 3.31. The summed E-state index contributed by atoms with van der Waals surface area (Å²) in [6.07, 6.45) is 2.71. The number of fused-ring (bicyclic) bond motifs is 1. The molecule has 23 heavy (non-hydrogen) atoms. The van der Waals surface area contributed by atoms with E-state index < -0.39 is 10.0 Å². The predicted octanol–water partition coefficient (Wildman–Crippen LogP) is 0.797. The van der Waals surface area contributed by atoms with E-state index in [9.17, 15) is 8.42 Å². The average molecular weight is 332 g/mol. The lowest BCUT2D eigenvalue weighted by atomic mass is 10.3. The zero-order valence-electron chi connectivity index (χ0n) is 12.3. The van der Waals surface area contributed by atoms with Gasteiger partial charge in [0.15, 0.2) is 5.03 Å². The Morgan fingerprint density at radius 1 is 1.09 bits per heavy atom. The van der Waals surface area contributed by atoms with Gasteiger partial charge in [-0.2, -0.15) is 4.31 Å². The molecule has 4 rings (SSSR count). The maximum Gasteiger partial charge on any atom is 0.260 e. The average Bonchev–Trinajstić information content (AvgIpc) is 3.24. The maximum atomic E-state index is 12.4. The summed E-state index contributed by atoms with van der Waals surface area (Å²) >= 11 is 0. The molecule has 1 fully saturated rings. The molecule has 3 heterocycles. The Morgan fingerprint density at radius 3 is 2.57 bits per heavy atom. The number of sulfonamides is 1. The van der Waals surface area contributed by atoms with Gasteiger partial charge in [0.2, 0.25) is 5.95 Å². The third kappa shape index (κ3) is 2.47. The molecule has 120 valence electrons. The first-order chi connectivity index (χ1) is 11.1. The van der Waals surface area contributed by atoms with Crippen molar-refractivity contribution in [3.8, 4) is 0 Å². The van der Waals surface area contributed by atoms with E-state index in [4.69, 9.17) is 0 Å². The molecule has 0 spiro atoms. The van der Waals surface area contributed by atoms with E-state index >= 15 is 0 Å². The summed E-state index contributed by atoms with van der Waals surface area (Å²) < 4.78 is 26.4. The van der Waals surface area contributed by atoms with Gasteiger partial charge >= 0.3 is 0 Å². The molecular weight excluding hydrogens is 316 g/mol. The van der Waals surface area contributed by atoms with Crippen molar-refractivity contribution in [2.45, 2.75) is 5.03 Å². The highest BCUT2D eigenvalue weighted by Gasteiger charge is 2.30. The van der Waals surface area contributed by atoms with E-state index in [-0.39, 0.29) is 5.03 Å².